The second-order valence-electron chi connectivity index (χ2n) is 3.05. The van der Waals surface area contributed by atoms with Gasteiger partial charge in [-0.15, -0.1) is 0 Å². The minimum absolute atomic E-state index is 0.889. The summed E-state index contributed by atoms with van der Waals surface area (Å²) >= 11 is 0. The highest BCUT2D eigenvalue weighted by Crippen LogP contribution is 2.05. The fourth-order valence-electron chi connectivity index (χ4n) is 0.971. The molecule has 2 heteroatoms. The molecule has 1 aliphatic heterocycles. The van der Waals surface area contributed by atoms with Crippen molar-refractivity contribution in [3.05, 3.63) is 0 Å². The quantitative estimate of drug-likeness (QED) is 0.417. The number of hydrogen-bond donors (Lipinski definition) is 0. The van der Waals surface area contributed by atoms with Gasteiger partial charge in [-0.1, -0.05) is 0 Å². The average Bonchev–Trinajstić information content (AvgIpc) is 1.65. The van der Waals surface area contributed by atoms with Crippen molar-refractivity contribution in [1.82, 2.24) is 0 Å². The Balaban J connectivity index is 2.33. The molecule has 2 nitrogen and oxygen atoms in total. The Hall–Kier alpha value is -0.0800. The SMILES string of the molecule is C[N+]1(C)CCCOC1. The third-order valence-electron chi connectivity index (χ3n) is 1.49. The van der Waals surface area contributed by atoms with E-state index in [0.29, 0.717) is 0 Å². The lowest BCUT2D eigenvalue weighted by atomic mass is 10.3. The standard InChI is InChI=1S/C6H14NO/c1-7(2)4-3-5-8-6-7/h3-6H2,1-2H3/q+1. The molecule has 0 aromatic heterocycles. The van der Waals surface area contributed by atoms with E-state index in [1.54, 1.807) is 0 Å². The highest BCUT2D eigenvalue weighted by atomic mass is 16.5. The molecular formula is C6H14NO+. The second kappa shape index (κ2) is 2.03. The number of nitrogens with zero attached hydrogens (tertiary/aromatic N) is 1. The minimum atomic E-state index is 0.889. The molecule has 0 aromatic carbocycles. The predicted molar refractivity (Wildman–Crippen MR) is 32.4 cm³/mol. The van der Waals surface area contributed by atoms with E-state index in [1.165, 1.54) is 13.0 Å². The van der Waals surface area contributed by atoms with Crippen molar-refractivity contribution in [2.24, 2.45) is 0 Å². The number of hydrogen-bond acceptors (Lipinski definition) is 1. The topological polar surface area (TPSA) is 9.23 Å². The molecule has 1 aliphatic rings. The largest absolute Gasteiger partial charge is 0.331 e. The maximum absolute atomic E-state index is 5.26. The van der Waals surface area contributed by atoms with Crippen molar-refractivity contribution in [1.29, 1.82) is 0 Å². The molecule has 0 N–H and O–H groups in total. The van der Waals surface area contributed by atoms with E-state index in [9.17, 15) is 0 Å². The summed E-state index contributed by atoms with van der Waals surface area (Å²) in [7, 11) is 4.39. The Morgan fingerprint density at radius 2 is 2.12 bits per heavy atom. The van der Waals surface area contributed by atoms with Crippen LogP contribution in [0.15, 0.2) is 0 Å². The Kier molecular flexibility index (Phi) is 1.54. The summed E-state index contributed by atoms with van der Waals surface area (Å²) in [5, 5.41) is 0. The maximum Gasteiger partial charge on any atom is 0.182 e. The van der Waals surface area contributed by atoms with Crippen LogP contribution in [0.2, 0.25) is 0 Å². The van der Waals surface area contributed by atoms with Crippen molar-refractivity contribution in [3.63, 3.8) is 0 Å². The molecule has 0 saturated carbocycles. The lowest BCUT2D eigenvalue weighted by Crippen LogP contribution is -2.45. The second-order valence-corrected chi connectivity index (χ2v) is 3.05. The van der Waals surface area contributed by atoms with Crippen LogP contribution in [0.1, 0.15) is 6.42 Å². The van der Waals surface area contributed by atoms with Crippen molar-refractivity contribution >= 4 is 0 Å². The van der Waals surface area contributed by atoms with E-state index >= 15 is 0 Å². The molecule has 1 rings (SSSR count). The van der Waals surface area contributed by atoms with E-state index in [-0.39, 0.29) is 0 Å². The summed E-state index contributed by atoms with van der Waals surface area (Å²) < 4.78 is 6.28. The lowest BCUT2D eigenvalue weighted by molar-refractivity contribution is -0.917. The van der Waals surface area contributed by atoms with Crippen LogP contribution >= 0.6 is 0 Å². The van der Waals surface area contributed by atoms with Gasteiger partial charge in [0.2, 0.25) is 0 Å². The van der Waals surface area contributed by atoms with Gasteiger partial charge >= 0.3 is 0 Å². The van der Waals surface area contributed by atoms with Crippen LogP contribution < -0.4 is 0 Å². The highest BCUT2D eigenvalue weighted by Gasteiger charge is 2.18. The average molecular weight is 116 g/mol. The van der Waals surface area contributed by atoms with E-state index in [1.807, 2.05) is 0 Å². The monoisotopic (exact) mass is 116 g/mol. The zero-order valence-electron chi connectivity index (χ0n) is 5.68. The molecule has 1 fully saturated rings. The molecule has 0 spiro atoms. The van der Waals surface area contributed by atoms with Gasteiger partial charge in [-0.25, -0.2) is 0 Å². The molecule has 0 bridgehead atoms. The summed E-state index contributed by atoms with van der Waals surface area (Å²) in [5.41, 5.74) is 0. The number of rotatable bonds is 0. The first kappa shape index (κ1) is 6.05. The lowest BCUT2D eigenvalue weighted by Gasteiger charge is -2.32. The molecule has 0 aromatic rings. The smallest absolute Gasteiger partial charge is 0.182 e. The van der Waals surface area contributed by atoms with Crippen molar-refractivity contribution < 1.29 is 9.22 Å². The van der Waals surface area contributed by atoms with Crippen LogP contribution in [0.3, 0.4) is 0 Å². The Morgan fingerprint density at radius 1 is 1.38 bits per heavy atom. The van der Waals surface area contributed by atoms with Gasteiger partial charge < -0.3 is 9.22 Å². The fourth-order valence-corrected chi connectivity index (χ4v) is 0.971. The van der Waals surface area contributed by atoms with Crippen LogP contribution in [0.25, 0.3) is 0 Å². The minimum Gasteiger partial charge on any atom is -0.331 e. The van der Waals surface area contributed by atoms with Crippen molar-refractivity contribution in [2.75, 3.05) is 34.0 Å². The van der Waals surface area contributed by atoms with Gasteiger partial charge in [-0.05, 0) is 0 Å². The molecule has 8 heavy (non-hydrogen) atoms. The first-order valence-corrected chi connectivity index (χ1v) is 3.10. The van der Waals surface area contributed by atoms with Gasteiger partial charge in [0.25, 0.3) is 0 Å². The maximum atomic E-state index is 5.26. The zero-order chi connectivity index (χ0) is 6.04. The van der Waals surface area contributed by atoms with Crippen molar-refractivity contribution in [3.8, 4) is 0 Å². The van der Waals surface area contributed by atoms with Gasteiger partial charge in [0.15, 0.2) is 6.73 Å². The van der Waals surface area contributed by atoms with Crippen LogP contribution in [0.5, 0.6) is 0 Å². The predicted octanol–water partition coefficient (Wildman–Crippen LogP) is 0.441. The highest BCUT2D eigenvalue weighted by molar-refractivity contribution is 4.37. The molecule has 0 aliphatic carbocycles. The molecule has 1 heterocycles. The molecule has 0 radical (unpaired) electrons. The van der Waals surface area contributed by atoms with Crippen LogP contribution in [0, 0.1) is 0 Å². The summed E-state index contributed by atoms with van der Waals surface area (Å²) in [4.78, 5) is 0. The molecule has 0 atom stereocenters. The summed E-state index contributed by atoms with van der Waals surface area (Å²) in [6.07, 6.45) is 1.22. The van der Waals surface area contributed by atoms with Gasteiger partial charge in [-0.3, -0.25) is 0 Å². The fraction of sp³-hybridized carbons (Fsp3) is 1.00. The molecule has 0 unspecified atom stereocenters. The zero-order valence-corrected chi connectivity index (χ0v) is 5.68. The third kappa shape index (κ3) is 1.46. The van der Waals surface area contributed by atoms with Gasteiger partial charge in [0.05, 0.1) is 27.2 Å². The Labute approximate surface area is 50.6 Å². The molecule has 48 valence electrons. The summed E-state index contributed by atoms with van der Waals surface area (Å²) in [6, 6.07) is 0. The Bertz CT molecular complexity index is 72.6. The van der Waals surface area contributed by atoms with E-state index in [4.69, 9.17) is 4.74 Å². The van der Waals surface area contributed by atoms with E-state index in [2.05, 4.69) is 14.1 Å². The van der Waals surface area contributed by atoms with Gasteiger partial charge in [-0.2, -0.15) is 0 Å². The van der Waals surface area contributed by atoms with Crippen LogP contribution in [0.4, 0.5) is 0 Å². The molecule has 1 saturated heterocycles. The van der Waals surface area contributed by atoms with Gasteiger partial charge in [0, 0.05) is 6.42 Å². The first-order chi connectivity index (χ1) is 3.71. The van der Waals surface area contributed by atoms with Gasteiger partial charge in [0.1, 0.15) is 0 Å². The Morgan fingerprint density at radius 3 is 2.38 bits per heavy atom. The van der Waals surface area contributed by atoms with Crippen molar-refractivity contribution in [2.45, 2.75) is 6.42 Å². The van der Waals surface area contributed by atoms with Crippen LogP contribution in [-0.2, 0) is 4.74 Å². The summed E-state index contributed by atoms with van der Waals surface area (Å²) in [5.74, 6) is 0. The summed E-state index contributed by atoms with van der Waals surface area (Å²) in [6.45, 7) is 3.11. The first-order valence-electron chi connectivity index (χ1n) is 3.10. The number of ether oxygens (including phenoxy) is 1. The third-order valence-corrected chi connectivity index (χ3v) is 1.49. The normalized spacial score (nSPS) is 27.8. The molecular weight excluding hydrogens is 102 g/mol. The molecule has 0 amide bonds. The van der Waals surface area contributed by atoms with Crippen LogP contribution in [-0.4, -0.2) is 38.5 Å². The van der Waals surface area contributed by atoms with E-state index < -0.39 is 0 Å². The number of quaternary nitrogens is 1. The van der Waals surface area contributed by atoms with E-state index in [0.717, 1.165) is 17.8 Å².